The van der Waals surface area contributed by atoms with Crippen molar-refractivity contribution in [2.45, 2.75) is 13.8 Å². The highest BCUT2D eigenvalue weighted by Crippen LogP contribution is 2.26. The number of hydrogen-bond donors (Lipinski definition) is 3. The predicted octanol–water partition coefficient (Wildman–Crippen LogP) is 1.55. The zero-order chi connectivity index (χ0) is 13.4. The van der Waals surface area contributed by atoms with Gasteiger partial charge in [0.2, 0.25) is 5.91 Å². The summed E-state index contributed by atoms with van der Waals surface area (Å²) in [5, 5.41) is 16.6. The van der Waals surface area contributed by atoms with Crippen molar-refractivity contribution in [2.24, 2.45) is 11.1 Å². The lowest BCUT2D eigenvalue weighted by atomic mass is 9.82. The summed E-state index contributed by atoms with van der Waals surface area (Å²) in [6, 6.07) is 1.22. The van der Waals surface area contributed by atoms with Crippen LogP contribution in [-0.2, 0) is 4.79 Å². The van der Waals surface area contributed by atoms with Gasteiger partial charge in [-0.25, -0.2) is 8.78 Å². The number of phenolic OH excluding ortho intramolecular Hbond substituents is 1. The lowest BCUT2D eigenvalue weighted by Crippen LogP contribution is -2.39. The molecule has 0 aliphatic heterocycles. The lowest BCUT2D eigenvalue weighted by Gasteiger charge is -2.22. The number of carbonyl (C=O) groups excluding carboxylic acids is 1. The zero-order valence-electron chi connectivity index (χ0n) is 9.34. The highest BCUT2D eigenvalue weighted by Gasteiger charge is 2.33. The van der Waals surface area contributed by atoms with E-state index in [9.17, 15) is 13.6 Å². The maximum Gasteiger partial charge on any atom is 0.229 e. The minimum absolute atomic E-state index is 0.399. The van der Waals surface area contributed by atoms with Gasteiger partial charge >= 0.3 is 0 Å². The van der Waals surface area contributed by atoms with Crippen molar-refractivity contribution in [3.05, 3.63) is 29.3 Å². The minimum Gasteiger partial charge on any atom is -0.505 e. The normalized spacial score (nSPS) is 11.3. The summed E-state index contributed by atoms with van der Waals surface area (Å²) >= 11 is 0. The number of rotatable bonds is 3. The van der Waals surface area contributed by atoms with E-state index in [1.807, 2.05) is 0 Å². The molecule has 1 aromatic rings. The first kappa shape index (κ1) is 13.1. The molecule has 4 nitrogen and oxygen atoms in total. The third-order valence-corrected chi connectivity index (χ3v) is 2.55. The van der Waals surface area contributed by atoms with Crippen LogP contribution in [0.3, 0.4) is 0 Å². The molecule has 0 spiro atoms. The number of carbonyl (C=O) groups is 1. The van der Waals surface area contributed by atoms with Gasteiger partial charge in [-0.1, -0.05) is 0 Å². The minimum atomic E-state index is -1.43. The highest BCUT2D eigenvalue weighted by molar-refractivity contribution is 6.14. The van der Waals surface area contributed by atoms with Crippen molar-refractivity contribution < 1.29 is 18.7 Å². The van der Waals surface area contributed by atoms with Gasteiger partial charge in [0.15, 0.2) is 11.6 Å². The molecule has 0 saturated heterocycles. The molecule has 0 heterocycles. The van der Waals surface area contributed by atoms with E-state index >= 15 is 0 Å². The Bertz CT molecular complexity index is 498. The van der Waals surface area contributed by atoms with Gasteiger partial charge in [-0.15, -0.1) is 0 Å². The molecule has 1 rings (SSSR count). The molecule has 0 atom stereocenters. The van der Waals surface area contributed by atoms with Crippen molar-refractivity contribution in [3.63, 3.8) is 0 Å². The summed E-state index contributed by atoms with van der Waals surface area (Å²) in [5.41, 5.74) is 2.81. The van der Waals surface area contributed by atoms with Gasteiger partial charge in [-0.05, 0) is 19.9 Å². The van der Waals surface area contributed by atoms with E-state index in [1.54, 1.807) is 0 Å². The third kappa shape index (κ3) is 2.25. The molecular weight excluding hydrogens is 230 g/mol. The number of hydrogen-bond acceptors (Lipinski definition) is 3. The maximum absolute atomic E-state index is 13.5. The molecule has 0 aliphatic carbocycles. The van der Waals surface area contributed by atoms with Gasteiger partial charge in [-0.2, -0.15) is 0 Å². The van der Waals surface area contributed by atoms with Crippen LogP contribution in [0.5, 0.6) is 5.75 Å². The Balaban J connectivity index is 3.31. The fraction of sp³-hybridized carbons (Fsp3) is 0.273. The average molecular weight is 242 g/mol. The van der Waals surface area contributed by atoms with Crippen LogP contribution in [-0.4, -0.2) is 16.7 Å². The van der Waals surface area contributed by atoms with Crippen molar-refractivity contribution in [3.8, 4) is 5.75 Å². The summed E-state index contributed by atoms with van der Waals surface area (Å²) in [5.74, 6) is -3.72. The summed E-state index contributed by atoms with van der Waals surface area (Å²) in [6.45, 7) is 2.67. The van der Waals surface area contributed by atoms with Crippen LogP contribution in [0.4, 0.5) is 8.78 Å². The van der Waals surface area contributed by atoms with E-state index in [1.165, 1.54) is 13.8 Å². The highest BCUT2D eigenvalue weighted by atomic mass is 19.1. The molecule has 6 heteroatoms. The van der Waals surface area contributed by atoms with Gasteiger partial charge in [0, 0.05) is 11.6 Å². The Labute approximate surface area is 96.6 Å². The third-order valence-electron chi connectivity index (χ3n) is 2.55. The first-order valence-corrected chi connectivity index (χ1v) is 4.75. The van der Waals surface area contributed by atoms with Crippen LogP contribution < -0.4 is 5.73 Å². The Morgan fingerprint density at radius 3 is 2.35 bits per heavy atom. The molecule has 0 bridgehead atoms. The molecule has 92 valence electrons. The topological polar surface area (TPSA) is 87.2 Å². The zero-order valence-corrected chi connectivity index (χ0v) is 9.34. The largest absolute Gasteiger partial charge is 0.505 e. The van der Waals surface area contributed by atoms with Gasteiger partial charge < -0.3 is 16.2 Å². The first-order valence-electron chi connectivity index (χ1n) is 4.75. The molecule has 0 aliphatic rings. The number of nitrogens with two attached hydrogens (primary N) is 1. The van der Waals surface area contributed by atoms with Gasteiger partial charge in [0.05, 0.1) is 11.1 Å². The van der Waals surface area contributed by atoms with E-state index in [0.29, 0.717) is 12.1 Å². The van der Waals surface area contributed by atoms with Crippen LogP contribution >= 0.6 is 0 Å². The molecule has 17 heavy (non-hydrogen) atoms. The molecular formula is C11H12F2N2O2. The van der Waals surface area contributed by atoms with Crippen LogP contribution in [0.2, 0.25) is 0 Å². The molecule has 0 saturated carbocycles. The van der Waals surface area contributed by atoms with E-state index in [0.717, 1.165) is 0 Å². The first-order chi connectivity index (χ1) is 7.67. The van der Waals surface area contributed by atoms with Crippen LogP contribution in [0.15, 0.2) is 12.1 Å². The Morgan fingerprint density at radius 1 is 1.35 bits per heavy atom. The second-order valence-corrected chi connectivity index (χ2v) is 4.15. The number of halogens is 2. The lowest BCUT2D eigenvalue weighted by molar-refractivity contribution is -0.122. The van der Waals surface area contributed by atoms with E-state index < -0.39 is 40.0 Å². The fourth-order valence-corrected chi connectivity index (χ4v) is 1.19. The van der Waals surface area contributed by atoms with Gasteiger partial charge in [0.25, 0.3) is 0 Å². The maximum atomic E-state index is 13.5. The van der Waals surface area contributed by atoms with Crippen LogP contribution in [0, 0.1) is 22.5 Å². The average Bonchev–Trinajstić information content (AvgIpc) is 2.22. The monoisotopic (exact) mass is 242 g/mol. The number of benzene rings is 1. The van der Waals surface area contributed by atoms with Crippen LogP contribution in [0.1, 0.15) is 19.4 Å². The van der Waals surface area contributed by atoms with E-state index in [2.05, 4.69) is 0 Å². The quantitative estimate of drug-likeness (QED) is 0.702. The van der Waals surface area contributed by atoms with Gasteiger partial charge in [-0.3, -0.25) is 4.79 Å². The molecule has 1 amide bonds. The molecule has 1 aromatic carbocycles. The second-order valence-electron chi connectivity index (χ2n) is 4.15. The smallest absolute Gasteiger partial charge is 0.229 e. The van der Waals surface area contributed by atoms with Crippen molar-refractivity contribution in [2.75, 3.05) is 0 Å². The van der Waals surface area contributed by atoms with E-state index in [4.69, 9.17) is 16.2 Å². The number of primary amides is 1. The Hall–Kier alpha value is -1.98. The summed E-state index contributed by atoms with van der Waals surface area (Å²) in [7, 11) is 0. The van der Waals surface area contributed by atoms with Crippen molar-refractivity contribution >= 4 is 11.6 Å². The molecule has 0 fully saturated rings. The van der Waals surface area contributed by atoms with Gasteiger partial charge in [0.1, 0.15) is 5.82 Å². The summed E-state index contributed by atoms with van der Waals surface area (Å²) < 4.78 is 26.5. The molecule has 0 radical (unpaired) electrons. The van der Waals surface area contributed by atoms with Crippen LogP contribution in [0.25, 0.3) is 0 Å². The predicted molar refractivity (Wildman–Crippen MR) is 57.8 cm³/mol. The standard InChI is InChI=1S/C11H12F2N2O2/c1-11(2,10(15)17)9(14)5-3-7(13)8(16)4-6(5)12/h3-4,14,16H,1-2H3,(H2,15,17). The summed E-state index contributed by atoms with van der Waals surface area (Å²) in [6.07, 6.45) is 0. The number of aromatic hydroxyl groups is 1. The summed E-state index contributed by atoms with van der Waals surface area (Å²) in [4.78, 5) is 11.1. The van der Waals surface area contributed by atoms with Crippen molar-refractivity contribution in [1.82, 2.24) is 0 Å². The second kappa shape index (κ2) is 4.12. The number of nitrogens with one attached hydrogen (secondary N) is 1. The Kier molecular flexibility index (Phi) is 3.17. The molecule has 4 N–H and O–H groups in total. The molecule has 0 unspecified atom stereocenters. The van der Waals surface area contributed by atoms with E-state index in [-0.39, 0.29) is 0 Å². The Morgan fingerprint density at radius 2 is 1.88 bits per heavy atom. The number of phenols is 1. The fourth-order valence-electron chi connectivity index (χ4n) is 1.19. The number of amides is 1. The molecule has 0 aromatic heterocycles. The SMILES string of the molecule is CC(C)(C(=N)c1cc(F)c(O)cc1F)C(N)=O. The van der Waals surface area contributed by atoms with Crippen molar-refractivity contribution in [1.29, 1.82) is 5.41 Å².